The normalized spacial score (nSPS) is 16.6. The third-order valence-corrected chi connectivity index (χ3v) is 3.85. The molecule has 27 heavy (non-hydrogen) atoms. The highest BCUT2D eigenvalue weighted by atomic mass is 14.8. The molecule has 0 atom stereocenters. The van der Waals surface area contributed by atoms with Crippen LogP contribution in [-0.2, 0) is 0 Å². The Hall–Kier alpha value is -2.02. The van der Waals surface area contributed by atoms with Gasteiger partial charge in [0.15, 0.2) is 0 Å². The van der Waals surface area contributed by atoms with Gasteiger partial charge in [-0.25, -0.2) is 0 Å². The lowest BCUT2D eigenvalue weighted by Gasteiger charge is -2.30. The highest BCUT2D eigenvalue weighted by molar-refractivity contribution is 5.58. The Bertz CT molecular complexity index is 612. The minimum absolute atomic E-state index is 0.318. The van der Waals surface area contributed by atoms with Crippen molar-refractivity contribution in [1.29, 1.82) is 0 Å². The molecule has 2 rings (SSSR count). The number of rotatable bonds is 5. The first kappa shape index (κ1) is 25.0. The summed E-state index contributed by atoms with van der Waals surface area (Å²) < 4.78 is 0. The Kier molecular flexibility index (Phi) is 13.0. The maximum Gasteiger partial charge on any atom is 0.0340 e. The van der Waals surface area contributed by atoms with E-state index in [4.69, 9.17) is 0 Å². The summed E-state index contributed by atoms with van der Waals surface area (Å²) in [5.74, 6) is 0. The molecule has 0 unspecified atom stereocenters. The average Bonchev–Trinajstić information content (AvgIpc) is 2.63. The second-order valence-electron chi connectivity index (χ2n) is 7.41. The summed E-state index contributed by atoms with van der Waals surface area (Å²) in [7, 11) is 0. The summed E-state index contributed by atoms with van der Waals surface area (Å²) >= 11 is 0. The lowest BCUT2D eigenvalue weighted by atomic mass is 9.75. The molecule has 1 nitrogen and oxygen atoms in total. The van der Waals surface area contributed by atoms with Crippen molar-refractivity contribution in [2.75, 3.05) is 11.9 Å². The monoisotopic (exact) mass is 367 g/mol. The van der Waals surface area contributed by atoms with Crippen molar-refractivity contribution >= 4 is 11.8 Å². The Morgan fingerprint density at radius 1 is 1.00 bits per heavy atom. The van der Waals surface area contributed by atoms with Crippen LogP contribution in [0.15, 0.2) is 66.3 Å². The molecule has 1 aromatic carbocycles. The van der Waals surface area contributed by atoms with E-state index in [1.165, 1.54) is 28.8 Å². The molecule has 0 fully saturated rings. The Morgan fingerprint density at radius 2 is 1.59 bits per heavy atom. The van der Waals surface area contributed by atoms with E-state index in [2.05, 4.69) is 95.1 Å². The quantitative estimate of drug-likeness (QED) is 0.550. The summed E-state index contributed by atoms with van der Waals surface area (Å²) in [6.07, 6.45) is 14.3. The van der Waals surface area contributed by atoms with E-state index in [9.17, 15) is 0 Å². The number of allylic oxidation sites excluding steroid dienone is 6. The second kappa shape index (κ2) is 14.1. The second-order valence-corrected chi connectivity index (χ2v) is 7.41. The molecular formula is C26H41N. The third kappa shape index (κ3) is 10.7. The first-order chi connectivity index (χ1) is 12.9. The van der Waals surface area contributed by atoms with Crippen molar-refractivity contribution < 1.29 is 0 Å². The Balaban J connectivity index is 0.00000123. The Morgan fingerprint density at radius 3 is 2.11 bits per heavy atom. The van der Waals surface area contributed by atoms with Crippen molar-refractivity contribution in [3.63, 3.8) is 0 Å². The van der Waals surface area contributed by atoms with Crippen molar-refractivity contribution in [2.24, 2.45) is 5.41 Å². The van der Waals surface area contributed by atoms with Gasteiger partial charge < -0.3 is 5.32 Å². The Labute approximate surface area is 169 Å². The van der Waals surface area contributed by atoms with E-state index >= 15 is 0 Å². The van der Waals surface area contributed by atoms with Gasteiger partial charge in [0.05, 0.1) is 0 Å². The number of hydrogen-bond acceptors (Lipinski definition) is 1. The minimum Gasteiger partial charge on any atom is -0.385 e. The highest BCUT2D eigenvalue weighted by Gasteiger charge is 2.24. The fraction of sp³-hybridized carbons (Fsp3) is 0.462. The maximum atomic E-state index is 3.81. The van der Waals surface area contributed by atoms with Crippen LogP contribution >= 0.6 is 0 Å². The number of anilines is 1. The molecule has 0 aromatic heterocycles. The molecular weight excluding hydrogens is 326 g/mol. The summed E-state index contributed by atoms with van der Waals surface area (Å²) in [5.41, 5.74) is 5.49. The molecule has 0 aliphatic heterocycles. The molecule has 0 heterocycles. The SMILES string of the molecule is C=C/C=C1C=C(/C=C/c2ccc(NCC)cc2)CC(C)(C)C/1.CC.CCC. The van der Waals surface area contributed by atoms with Gasteiger partial charge in [0, 0.05) is 12.2 Å². The van der Waals surface area contributed by atoms with Crippen molar-refractivity contribution in [2.45, 2.75) is 67.7 Å². The summed E-state index contributed by atoms with van der Waals surface area (Å²) in [6.45, 7) is 19.8. The van der Waals surface area contributed by atoms with E-state index < -0.39 is 0 Å². The molecule has 1 aliphatic rings. The molecule has 0 amide bonds. The first-order valence-electron chi connectivity index (χ1n) is 10.5. The zero-order valence-corrected chi connectivity index (χ0v) is 18.7. The molecule has 1 aromatic rings. The van der Waals surface area contributed by atoms with Crippen LogP contribution in [-0.4, -0.2) is 6.54 Å². The molecule has 0 radical (unpaired) electrons. The highest BCUT2D eigenvalue weighted by Crippen LogP contribution is 2.38. The lowest BCUT2D eigenvalue weighted by Crippen LogP contribution is -2.16. The van der Waals surface area contributed by atoms with Gasteiger partial charge in [-0.3, -0.25) is 0 Å². The zero-order chi connectivity index (χ0) is 20.7. The zero-order valence-electron chi connectivity index (χ0n) is 18.7. The van der Waals surface area contributed by atoms with Crippen LogP contribution in [0, 0.1) is 5.41 Å². The van der Waals surface area contributed by atoms with Crippen LogP contribution in [0.1, 0.15) is 73.3 Å². The molecule has 1 heteroatoms. The van der Waals surface area contributed by atoms with Crippen molar-refractivity contribution in [1.82, 2.24) is 0 Å². The number of nitrogens with one attached hydrogen (secondary N) is 1. The van der Waals surface area contributed by atoms with Gasteiger partial charge in [-0.2, -0.15) is 0 Å². The number of hydrogen-bond donors (Lipinski definition) is 1. The molecule has 0 saturated carbocycles. The molecule has 1 aliphatic carbocycles. The van der Waals surface area contributed by atoms with Gasteiger partial charge >= 0.3 is 0 Å². The van der Waals surface area contributed by atoms with E-state index in [-0.39, 0.29) is 0 Å². The van der Waals surface area contributed by atoms with Gasteiger partial charge in [0.1, 0.15) is 0 Å². The predicted octanol–water partition coefficient (Wildman–Crippen LogP) is 8.43. The van der Waals surface area contributed by atoms with Crippen LogP contribution in [0.25, 0.3) is 6.08 Å². The van der Waals surface area contributed by atoms with Gasteiger partial charge in [-0.1, -0.05) is 97.1 Å². The topological polar surface area (TPSA) is 12.0 Å². The van der Waals surface area contributed by atoms with Gasteiger partial charge in [0.2, 0.25) is 0 Å². The van der Waals surface area contributed by atoms with Crippen molar-refractivity contribution in [3.8, 4) is 0 Å². The summed E-state index contributed by atoms with van der Waals surface area (Å²) in [6, 6.07) is 8.57. The fourth-order valence-electron chi connectivity index (χ4n) is 2.99. The number of benzene rings is 1. The first-order valence-corrected chi connectivity index (χ1v) is 10.5. The van der Waals surface area contributed by atoms with Gasteiger partial charge in [-0.05, 0) is 54.0 Å². The standard InChI is InChI=1S/C21H27N.C3H8.C2H6/c1-5-7-18-14-19(16-21(3,4)15-18)9-8-17-10-12-20(13-11-17)22-6-2;1-3-2;1-2/h5,7-14,22H,1,6,15-16H2,2-4H3;3H2,1-2H3;1-2H3/b9-8+,18-7-;;. The summed E-state index contributed by atoms with van der Waals surface area (Å²) in [5, 5.41) is 3.32. The van der Waals surface area contributed by atoms with Gasteiger partial charge in [0.25, 0.3) is 0 Å². The third-order valence-electron chi connectivity index (χ3n) is 3.85. The van der Waals surface area contributed by atoms with E-state index in [1.54, 1.807) is 0 Å². The van der Waals surface area contributed by atoms with E-state index in [0.29, 0.717) is 5.41 Å². The molecule has 0 spiro atoms. The minimum atomic E-state index is 0.318. The van der Waals surface area contributed by atoms with Crippen LogP contribution in [0.3, 0.4) is 0 Å². The van der Waals surface area contributed by atoms with Crippen LogP contribution in [0.5, 0.6) is 0 Å². The van der Waals surface area contributed by atoms with Gasteiger partial charge in [-0.15, -0.1) is 0 Å². The fourth-order valence-corrected chi connectivity index (χ4v) is 2.99. The summed E-state index contributed by atoms with van der Waals surface area (Å²) in [4.78, 5) is 0. The predicted molar refractivity (Wildman–Crippen MR) is 126 cm³/mol. The lowest BCUT2D eigenvalue weighted by molar-refractivity contribution is 0.355. The van der Waals surface area contributed by atoms with Crippen molar-refractivity contribution in [3.05, 3.63) is 71.9 Å². The maximum absolute atomic E-state index is 3.81. The molecule has 1 N–H and O–H groups in total. The molecule has 150 valence electrons. The average molecular weight is 368 g/mol. The van der Waals surface area contributed by atoms with E-state index in [1.807, 2.05) is 19.9 Å². The van der Waals surface area contributed by atoms with E-state index in [0.717, 1.165) is 19.4 Å². The molecule has 0 bridgehead atoms. The van der Waals surface area contributed by atoms with Crippen LogP contribution < -0.4 is 5.32 Å². The van der Waals surface area contributed by atoms with Crippen LogP contribution in [0.4, 0.5) is 5.69 Å². The molecule has 0 saturated heterocycles. The smallest absolute Gasteiger partial charge is 0.0340 e. The van der Waals surface area contributed by atoms with Crippen LogP contribution in [0.2, 0.25) is 0 Å². The largest absolute Gasteiger partial charge is 0.385 e.